The summed E-state index contributed by atoms with van der Waals surface area (Å²) >= 11 is 0. The molecule has 5 heteroatoms. The number of carbonyl (C=O) groups is 2. The molecule has 2 aliphatic rings. The molecule has 0 saturated carbocycles. The first-order chi connectivity index (χ1) is 9.19. The second-order valence-corrected chi connectivity index (χ2v) is 4.87. The Labute approximate surface area is 111 Å². The van der Waals surface area contributed by atoms with E-state index in [1.54, 1.807) is 6.92 Å². The lowest BCUT2D eigenvalue weighted by molar-refractivity contribution is -0.141. The number of amides is 1. The largest absolute Gasteiger partial charge is 0.465 e. The number of esters is 1. The Bertz CT molecular complexity index is 541. The Morgan fingerprint density at radius 1 is 1.53 bits per heavy atom. The summed E-state index contributed by atoms with van der Waals surface area (Å²) in [6, 6.07) is 5.81. The Morgan fingerprint density at radius 2 is 2.37 bits per heavy atom. The van der Waals surface area contributed by atoms with Crippen LogP contribution in [0.1, 0.15) is 24.8 Å². The van der Waals surface area contributed by atoms with Crippen LogP contribution in [0.15, 0.2) is 18.2 Å². The first kappa shape index (κ1) is 12.0. The number of rotatable bonds is 3. The van der Waals surface area contributed by atoms with Crippen LogP contribution in [0.25, 0.3) is 0 Å². The maximum atomic E-state index is 11.6. The van der Waals surface area contributed by atoms with Crippen LogP contribution in [0.5, 0.6) is 0 Å². The van der Waals surface area contributed by atoms with E-state index in [-0.39, 0.29) is 24.3 Å². The lowest BCUT2D eigenvalue weighted by Gasteiger charge is -2.20. The molecule has 2 aliphatic heterocycles. The van der Waals surface area contributed by atoms with Crippen molar-refractivity contribution in [3.8, 4) is 0 Å². The Morgan fingerprint density at radius 3 is 3.16 bits per heavy atom. The molecule has 19 heavy (non-hydrogen) atoms. The molecule has 0 aliphatic carbocycles. The van der Waals surface area contributed by atoms with Crippen LogP contribution >= 0.6 is 0 Å². The summed E-state index contributed by atoms with van der Waals surface area (Å²) in [7, 11) is 0. The standard InChI is InChI=1S/C14H16N2O3/c1-2-19-13(18)8-16-7-9-6-12(17)15-10-4-3-5-11(16)14(9)10/h3-5,9H,2,6-8H2,1H3,(H,15,17). The van der Waals surface area contributed by atoms with E-state index in [4.69, 9.17) is 4.74 Å². The van der Waals surface area contributed by atoms with Crippen LogP contribution in [0.4, 0.5) is 11.4 Å². The van der Waals surface area contributed by atoms with Gasteiger partial charge in [0.05, 0.1) is 6.61 Å². The quantitative estimate of drug-likeness (QED) is 0.837. The fraction of sp³-hybridized carbons (Fsp3) is 0.429. The maximum Gasteiger partial charge on any atom is 0.325 e. The number of carbonyl (C=O) groups excluding carboxylic acids is 2. The second-order valence-electron chi connectivity index (χ2n) is 4.87. The van der Waals surface area contributed by atoms with Crippen LogP contribution in [0.2, 0.25) is 0 Å². The molecule has 1 aromatic carbocycles. The molecule has 0 aromatic heterocycles. The number of hydrogen-bond acceptors (Lipinski definition) is 4. The van der Waals surface area contributed by atoms with E-state index >= 15 is 0 Å². The van der Waals surface area contributed by atoms with E-state index in [2.05, 4.69) is 5.32 Å². The van der Waals surface area contributed by atoms with Crippen LogP contribution in [0, 0.1) is 0 Å². The molecule has 1 N–H and O–H groups in total. The first-order valence-corrected chi connectivity index (χ1v) is 6.52. The zero-order valence-corrected chi connectivity index (χ0v) is 10.8. The number of nitrogens with one attached hydrogen (secondary N) is 1. The van der Waals surface area contributed by atoms with Gasteiger partial charge < -0.3 is 15.0 Å². The van der Waals surface area contributed by atoms with E-state index in [9.17, 15) is 9.59 Å². The maximum absolute atomic E-state index is 11.6. The number of benzene rings is 1. The van der Waals surface area contributed by atoms with E-state index in [1.807, 2.05) is 23.1 Å². The highest BCUT2D eigenvalue weighted by Crippen LogP contribution is 2.44. The highest BCUT2D eigenvalue weighted by molar-refractivity contribution is 5.97. The fourth-order valence-corrected chi connectivity index (χ4v) is 2.93. The second kappa shape index (κ2) is 4.57. The van der Waals surface area contributed by atoms with Crippen molar-refractivity contribution in [3.63, 3.8) is 0 Å². The van der Waals surface area contributed by atoms with Crippen molar-refractivity contribution >= 4 is 23.3 Å². The van der Waals surface area contributed by atoms with Crippen LogP contribution in [-0.2, 0) is 14.3 Å². The monoisotopic (exact) mass is 260 g/mol. The Balaban J connectivity index is 1.88. The summed E-state index contributed by atoms with van der Waals surface area (Å²) in [6.07, 6.45) is 0.489. The van der Waals surface area contributed by atoms with Gasteiger partial charge >= 0.3 is 5.97 Å². The Hall–Kier alpha value is -2.04. The van der Waals surface area contributed by atoms with Gasteiger partial charge in [-0.3, -0.25) is 9.59 Å². The molecule has 5 nitrogen and oxygen atoms in total. The molecule has 0 bridgehead atoms. The molecule has 0 fully saturated rings. The van der Waals surface area contributed by atoms with Gasteiger partial charge in [0.15, 0.2) is 0 Å². The topological polar surface area (TPSA) is 58.6 Å². The molecule has 1 aromatic rings. The van der Waals surface area contributed by atoms with Crippen molar-refractivity contribution < 1.29 is 14.3 Å². The van der Waals surface area contributed by atoms with Gasteiger partial charge in [-0.2, -0.15) is 0 Å². The summed E-state index contributed by atoms with van der Waals surface area (Å²) in [4.78, 5) is 25.3. The normalized spacial score (nSPS) is 19.9. The average molecular weight is 260 g/mol. The highest BCUT2D eigenvalue weighted by Gasteiger charge is 2.36. The predicted octanol–water partition coefficient (Wildman–Crippen LogP) is 1.50. The smallest absolute Gasteiger partial charge is 0.325 e. The summed E-state index contributed by atoms with van der Waals surface area (Å²) in [5.74, 6) is 0.0139. The third kappa shape index (κ3) is 2.05. The van der Waals surface area contributed by atoms with E-state index < -0.39 is 0 Å². The molecule has 1 amide bonds. The molecule has 1 unspecified atom stereocenters. The Kier molecular flexibility index (Phi) is 2.89. The van der Waals surface area contributed by atoms with Gasteiger partial charge in [0.1, 0.15) is 6.54 Å². The first-order valence-electron chi connectivity index (χ1n) is 6.52. The van der Waals surface area contributed by atoms with Crippen molar-refractivity contribution in [1.29, 1.82) is 0 Å². The van der Waals surface area contributed by atoms with Gasteiger partial charge in [0, 0.05) is 35.8 Å². The van der Waals surface area contributed by atoms with Crippen molar-refractivity contribution in [2.24, 2.45) is 0 Å². The van der Waals surface area contributed by atoms with E-state index in [0.29, 0.717) is 19.6 Å². The molecule has 100 valence electrons. The van der Waals surface area contributed by atoms with Crippen molar-refractivity contribution in [2.45, 2.75) is 19.3 Å². The summed E-state index contributed by atoms with van der Waals surface area (Å²) < 4.78 is 4.99. The molecule has 0 saturated heterocycles. The van der Waals surface area contributed by atoms with Gasteiger partial charge in [0.2, 0.25) is 5.91 Å². The van der Waals surface area contributed by atoms with Gasteiger partial charge in [-0.15, -0.1) is 0 Å². The molecule has 0 spiro atoms. The predicted molar refractivity (Wildman–Crippen MR) is 71.3 cm³/mol. The van der Waals surface area contributed by atoms with Gasteiger partial charge in [-0.1, -0.05) is 6.07 Å². The number of hydrogen-bond donors (Lipinski definition) is 1. The van der Waals surface area contributed by atoms with E-state index in [1.165, 1.54) is 0 Å². The minimum Gasteiger partial charge on any atom is -0.465 e. The number of nitrogens with zero attached hydrogens (tertiary/aromatic N) is 1. The van der Waals surface area contributed by atoms with E-state index in [0.717, 1.165) is 16.9 Å². The zero-order valence-electron chi connectivity index (χ0n) is 10.8. The van der Waals surface area contributed by atoms with Crippen molar-refractivity contribution in [1.82, 2.24) is 0 Å². The van der Waals surface area contributed by atoms with Crippen LogP contribution in [-0.4, -0.2) is 31.6 Å². The number of ether oxygens (including phenoxy) is 1. The third-order valence-electron chi connectivity index (χ3n) is 3.60. The SMILES string of the molecule is CCOC(=O)CN1CC2CC(=O)Nc3cccc1c32. The summed E-state index contributed by atoms with van der Waals surface area (Å²) in [5, 5.41) is 2.89. The van der Waals surface area contributed by atoms with Crippen LogP contribution < -0.4 is 10.2 Å². The third-order valence-corrected chi connectivity index (χ3v) is 3.60. The van der Waals surface area contributed by atoms with Gasteiger partial charge in [0.25, 0.3) is 0 Å². The molecule has 2 heterocycles. The minimum absolute atomic E-state index is 0.0487. The van der Waals surface area contributed by atoms with Gasteiger partial charge in [-0.05, 0) is 19.1 Å². The molecular weight excluding hydrogens is 244 g/mol. The fourth-order valence-electron chi connectivity index (χ4n) is 2.93. The van der Waals surface area contributed by atoms with Gasteiger partial charge in [-0.25, -0.2) is 0 Å². The number of anilines is 2. The van der Waals surface area contributed by atoms with Crippen molar-refractivity contribution in [3.05, 3.63) is 23.8 Å². The highest BCUT2D eigenvalue weighted by atomic mass is 16.5. The molecule has 0 radical (unpaired) electrons. The summed E-state index contributed by atoms with van der Waals surface area (Å²) in [6.45, 7) is 3.14. The minimum atomic E-state index is -0.224. The average Bonchev–Trinajstić information content (AvgIpc) is 2.69. The summed E-state index contributed by atoms with van der Waals surface area (Å²) in [5.41, 5.74) is 3.08. The lowest BCUT2D eigenvalue weighted by atomic mass is 9.92. The zero-order chi connectivity index (χ0) is 13.4. The van der Waals surface area contributed by atoms with Crippen molar-refractivity contribution in [2.75, 3.05) is 29.9 Å². The molecular formula is C14H16N2O3. The molecule has 3 rings (SSSR count). The van der Waals surface area contributed by atoms with Crippen LogP contribution in [0.3, 0.4) is 0 Å². The molecule has 1 atom stereocenters. The lowest BCUT2D eigenvalue weighted by Crippen LogP contribution is -2.30.